The lowest BCUT2D eigenvalue weighted by molar-refractivity contribution is -0.111. The molecule has 1 aromatic heterocycles. The Morgan fingerprint density at radius 2 is 1.68 bits per heavy atom. The van der Waals surface area contributed by atoms with Gasteiger partial charge in [-0.2, -0.15) is 9.40 Å². The number of aromatic nitrogens is 2. The van der Waals surface area contributed by atoms with Crippen LogP contribution in [-0.4, -0.2) is 107 Å². The molecule has 2 heterocycles. The third-order valence-electron chi connectivity index (χ3n) is 7.32. The Balaban J connectivity index is 1.36. The predicted octanol–water partition coefficient (Wildman–Crippen LogP) is 2.33. The maximum Gasteiger partial charge on any atom is 0.271 e. The van der Waals surface area contributed by atoms with Gasteiger partial charge in [0.15, 0.2) is 0 Å². The van der Waals surface area contributed by atoms with Gasteiger partial charge in [-0.1, -0.05) is 12.1 Å². The van der Waals surface area contributed by atoms with E-state index in [-0.39, 0.29) is 58.4 Å². The molecule has 1 saturated heterocycles. The molecule has 252 valence electrons. The number of anilines is 2. The lowest BCUT2D eigenvalue weighted by Gasteiger charge is -2.31. The monoisotopic (exact) mass is 669 g/mol. The molecule has 3 aromatic rings. The smallest absolute Gasteiger partial charge is 0.271 e. The predicted molar refractivity (Wildman–Crippen MR) is 175 cm³/mol. The Morgan fingerprint density at radius 3 is 2.30 bits per heavy atom. The Hall–Kier alpha value is -4.93. The molecule has 4 N–H and O–H groups in total. The standard InChI is InChI=1S/C31H39N7O8S/c1-37(2)13-7-10-27(39)33-21-8-6-9-23(16-21)47(42,43)38-14-11-20(12-15-38)34-31(41)29-24(19-32-36-29)35-30(40)28-25(45-4)17-22(44-3)18-26(28)46-5/h6-10,16-20H,11-15H2,1-5H3,(H,32,36)(H,33,39)(H,34,41)(H,35,40). The second kappa shape index (κ2) is 15.6. The molecular formula is C31H39N7O8S. The molecular weight excluding hydrogens is 630 g/mol. The fraction of sp³-hybridized carbons (Fsp3) is 0.355. The van der Waals surface area contributed by atoms with Crippen LogP contribution in [0, 0.1) is 0 Å². The van der Waals surface area contributed by atoms with Crippen molar-refractivity contribution in [3.63, 3.8) is 0 Å². The van der Waals surface area contributed by atoms with Crippen molar-refractivity contribution in [1.82, 2.24) is 24.7 Å². The van der Waals surface area contributed by atoms with Crippen LogP contribution in [0.25, 0.3) is 0 Å². The second-order valence-electron chi connectivity index (χ2n) is 10.9. The largest absolute Gasteiger partial charge is 0.496 e. The lowest BCUT2D eigenvalue weighted by Crippen LogP contribution is -2.46. The third-order valence-corrected chi connectivity index (χ3v) is 9.22. The number of nitrogens with zero attached hydrogens (tertiary/aromatic N) is 3. The van der Waals surface area contributed by atoms with Crippen molar-refractivity contribution in [3.8, 4) is 17.2 Å². The van der Waals surface area contributed by atoms with Gasteiger partial charge in [0.05, 0.1) is 38.1 Å². The first-order valence-corrected chi connectivity index (χ1v) is 16.1. The minimum Gasteiger partial charge on any atom is -0.496 e. The third kappa shape index (κ3) is 8.66. The zero-order valence-corrected chi connectivity index (χ0v) is 27.6. The first-order chi connectivity index (χ1) is 22.5. The molecule has 4 rings (SSSR count). The van der Waals surface area contributed by atoms with Gasteiger partial charge in [0, 0.05) is 49.6 Å². The summed E-state index contributed by atoms with van der Waals surface area (Å²) in [6.07, 6.45) is 5.12. The van der Waals surface area contributed by atoms with Crippen molar-refractivity contribution in [2.45, 2.75) is 23.8 Å². The fourth-order valence-electron chi connectivity index (χ4n) is 4.90. The van der Waals surface area contributed by atoms with Gasteiger partial charge < -0.3 is 35.1 Å². The number of piperidine rings is 1. The minimum atomic E-state index is -3.85. The van der Waals surface area contributed by atoms with E-state index in [0.29, 0.717) is 30.8 Å². The van der Waals surface area contributed by atoms with Crippen molar-refractivity contribution < 1.29 is 37.0 Å². The summed E-state index contributed by atoms with van der Waals surface area (Å²) in [5, 5.41) is 14.8. The van der Waals surface area contributed by atoms with Crippen LogP contribution in [0.1, 0.15) is 33.7 Å². The molecule has 16 heteroatoms. The van der Waals surface area contributed by atoms with Crippen molar-refractivity contribution >= 4 is 39.1 Å². The highest BCUT2D eigenvalue weighted by Gasteiger charge is 2.31. The number of methoxy groups -OCH3 is 3. The number of likely N-dealkylation sites (N-methyl/N-ethyl adjacent to an activating group) is 1. The maximum absolute atomic E-state index is 13.4. The van der Waals surface area contributed by atoms with Gasteiger partial charge in [0.2, 0.25) is 15.9 Å². The average molecular weight is 670 g/mol. The van der Waals surface area contributed by atoms with Gasteiger partial charge in [-0.05, 0) is 45.1 Å². The number of hydrogen-bond donors (Lipinski definition) is 4. The van der Waals surface area contributed by atoms with Crippen molar-refractivity contribution in [2.75, 3.05) is 65.7 Å². The molecule has 1 fully saturated rings. The lowest BCUT2D eigenvalue weighted by atomic mass is 10.1. The number of amides is 3. The van der Waals surface area contributed by atoms with E-state index in [9.17, 15) is 22.8 Å². The van der Waals surface area contributed by atoms with E-state index in [2.05, 4.69) is 26.1 Å². The van der Waals surface area contributed by atoms with E-state index < -0.39 is 21.8 Å². The molecule has 15 nitrogen and oxygen atoms in total. The molecule has 1 aliphatic heterocycles. The maximum atomic E-state index is 13.4. The number of hydrogen-bond acceptors (Lipinski definition) is 10. The SMILES string of the molecule is COc1cc(OC)c(C(=O)Nc2cn[nH]c2C(=O)NC2CCN(S(=O)(=O)c3cccc(NC(=O)C=CCN(C)C)c3)CC2)c(OC)c1. The van der Waals surface area contributed by atoms with E-state index in [4.69, 9.17) is 14.2 Å². The van der Waals surface area contributed by atoms with Gasteiger partial charge >= 0.3 is 0 Å². The van der Waals surface area contributed by atoms with Gasteiger partial charge in [0.25, 0.3) is 11.8 Å². The molecule has 0 radical (unpaired) electrons. The van der Waals surface area contributed by atoms with Gasteiger partial charge in [-0.25, -0.2) is 8.42 Å². The number of H-pyrrole nitrogens is 1. The Bertz CT molecular complexity index is 1710. The normalized spacial score (nSPS) is 14.2. The molecule has 0 saturated carbocycles. The summed E-state index contributed by atoms with van der Waals surface area (Å²) in [7, 11) is 4.19. The Kier molecular flexibility index (Phi) is 11.6. The van der Waals surface area contributed by atoms with Crippen molar-refractivity contribution in [3.05, 3.63) is 66.0 Å². The van der Waals surface area contributed by atoms with Crippen LogP contribution in [0.2, 0.25) is 0 Å². The molecule has 47 heavy (non-hydrogen) atoms. The van der Waals surface area contributed by atoms with Crippen LogP contribution in [0.4, 0.5) is 11.4 Å². The van der Waals surface area contributed by atoms with Crippen LogP contribution in [0.3, 0.4) is 0 Å². The number of aromatic amines is 1. The average Bonchev–Trinajstić information content (AvgIpc) is 3.52. The van der Waals surface area contributed by atoms with E-state index in [1.807, 2.05) is 19.0 Å². The summed E-state index contributed by atoms with van der Waals surface area (Å²) in [6, 6.07) is 8.83. The Labute approximate surface area is 273 Å². The molecule has 0 aliphatic carbocycles. The highest BCUT2D eigenvalue weighted by molar-refractivity contribution is 7.89. The number of carbonyl (C=O) groups excluding carboxylic acids is 3. The van der Waals surface area contributed by atoms with Crippen LogP contribution in [0.5, 0.6) is 17.2 Å². The minimum absolute atomic E-state index is 0.0234. The summed E-state index contributed by atoms with van der Waals surface area (Å²) in [4.78, 5) is 40.6. The number of sulfonamides is 1. The molecule has 0 spiro atoms. The molecule has 3 amide bonds. The number of carbonyl (C=O) groups is 3. The summed E-state index contributed by atoms with van der Waals surface area (Å²) in [5.41, 5.74) is 0.614. The molecule has 0 atom stereocenters. The zero-order chi connectivity index (χ0) is 34.1. The number of rotatable bonds is 13. The summed E-state index contributed by atoms with van der Waals surface area (Å²) in [5.74, 6) is -0.633. The molecule has 2 aromatic carbocycles. The zero-order valence-electron chi connectivity index (χ0n) is 26.8. The molecule has 0 bridgehead atoms. The van der Waals surface area contributed by atoms with Crippen LogP contribution >= 0.6 is 0 Å². The van der Waals surface area contributed by atoms with Gasteiger partial charge in [0.1, 0.15) is 28.5 Å². The van der Waals surface area contributed by atoms with Crippen LogP contribution < -0.4 is 30.2 Å². The highest BCUT2D eigenvalue weighted by Crippen LogP contribution is 2.34. The number of nitrogens with one attached hydrogen (secondary N) is 4. The first-order valence-electron chi connectivity index (χ1n) is 14.6. The highest BCUT2D eigenvalue weighted by atomic mass is 32.2. The topological polar surface area (TPSA) is 184 Å². The number of ether oxygens (including phenoxy) is 3. The van der Waals surface area contributed by atoms with Crippen molar-refractivity contribution in [2.24, 2.45) is 0 Å². The summed E-state index contributed by atoms with van der Waals surface area (Å²) in [6.45, 7) is 0.926. The van der Waals surface area contributed by atoms with Gasteiger partial charge in [-0.15, -0.1) is 0 Å². The molecule has 0 unspecified atom stereocenters. The van der Waals surface area contributed by atoms with E-state index in [1.54, 1.807) is 18.2 Å². The Morgan fingerprint density at radius 1 is 1.00 bits per heavy atom. The van der Waals surface area contributed by atoms with E-state index >= 15 is 0 Å². The first kappa shape index (κ1) is 34.9. The summed E-state index contributed by atoms with van der Waals surface area (Å²) < 4.78 is 44.1. The van der Waals surface area contributed by atoms with Crippen LogP contribution in [0.15, 0.2) is 59.6 Å². The molecule has 1 aliphatic rings. The van der Waals surface area contributed by atoms with Gasteiger partial charge in [-0.3, -0.25) is 19.5 Å². The second-order valence-corrected chi connectivity index (χ2v) is 12.8. The quantitative estimate of drug-likeness (QED) is 0.197. The number of benzene rings is 2. The van der Waals surface area contributed by atoms with E-state index in [0.717, 1.165) is 0 Å². The van der Waals surface area contributed by atoms with Crippen molar-refractivity contribution in [1.29, 1.82) is 0 Å². The fourth-order valence-corrected chi connectivity index (χ4v) is 6.42. The summed E-state index contributed by atoms with van der Waals surface area (Å²) >= 11 is 0. The van der Waals surface area contributed by atoms with E-state index in [1.165, 1.54) is 62.2 Å². The van der Waals surface area contributed by atoms with Crippen LogP contribution in [-0.2, 0) is 14.8 Å².